The summed E-state index contributed by atoms with van der Waals surface area (Å²) in [6, 6.07) is 15.1. The molecule has 2 heterocycles. The number of hydrogen-bond acceptors (Lipinski definition) is 2. The lowest BCUT2D eigenvalue weighted by Crippen LogP contribution is -2.19. The molecule has 2 aromatic heterocycles. The van der Waals surface area contributed by atoms with Gasteiger partial charge in [-0.05, 0) is 30.3 Å². The van der Waals surface area contributed by atoms with Gasteiger partial charge in [0, 0.05) is 23.1 Å². The molecule has 0 radical (unpaired) electrons. The molecule has 2 aromatic carbocycles. The molecule has 0 amide bonds. The number of benzene rings is 2. The van der Waals surface area contributed by atoms with Gasteiger partial charge >= 0.3 is 0 Å². The molecule has 0 aliphatic carbocycles. The number of pyridine rings is 1. The molecule has 0 N–H and O–H groups in total. The molecule has 4 rings (SSSR count). The lowest BCUT2D eigenvalue weighted by atomic mass is 10.1. The van der Waals surface area contributed by atoms with Crippen molar-refractivity contribution in [3.05, 3.63) is 70.2 Å². The number of halogens is 1. The first-order valence-corrected chi connectivity index (χ1v) is 7.25. The minimum Gasteiger partial charge on any atom is -0.333 e. The first kappa shape index (κ1) is 13.1. The van der Waals surface area contributed by atoms with Gasteiger partial charge in [-0.25, -0.2) is 4.98 Å². The second kappa shape index (κ2) is 4.71. The maximum absolute atomic E-state index is 12.9. The van der Waals surface area contributed by atoms with Crippen LogP contribution in [0, 0.1) is 0 Å². The minimum atomic E-state index is -0.142. The van der Waals surface area contributed by atoms with Gasteiger partial charge in [0.05, 0.1) is 17.4 Å². The SMILES string of the molecule is Cn1cnc2c(=O)n(-c3ccccc3)c3cc(Cl)ccc3c21. The van der Waals surface area contributed by atoms with Crippen molar-refractivity contribution in [1.29, 1.82) is 0 Å². The molecule has 0 unspecified atom stereocenters. The summed E-state index contributed by atoms with van der Waals surface area (Å²) in [5.41, 5.74) is 2.72. The Morgan fingerprint density at radius 2 is 1.86 bits per heavy atom. The summed E-state index contributed by atoms with van der Waals surface area (Å²) in [4.78, 5) is 17.2. The van der Waals surface area contributed by atoms with Crippen LogP contribution >= 0.6 is 11.6 Å². The molecular formula is C17H12ClN3O. The number of fused-ring (bicyclic) bond motifs is 3. The third-order valence-electron chi connectivity index (χ3n) is 3.81. The molecule has 0 aliphatic heterocycles. The fraction of sp³-hybridized carbons (Fsp3) is 0.0588. The van der Waals surface area contributed by atoms with Crippen LogP contribution in [0.15, 0.2) is 59.7 Å². The smallest absolute Gasteiger partial charge is 0.283 e. The lowest BCUT2D eigenvalue weighted by molar-refractivity contribution is 0.950. The summed E-state index contributed by atoms with van der Waals surface area (Å²) in [5, 5.41) is 1.54. The number of nitrogens with zero attached hydrogens (tertiary/aromatic N) is 3. The Bertz CT molecular complexity index is 1060. The van der Waals surface area contributed by atoms with E-state index < -0.39 is 0 Å². The third kappa shape index (κ3) is 1.77. The average molecular weight is 310 g/mol. The van der Waals surface area contributed by atoms with Crippen molar-refractivity contribution >= 4 is 33.5 Å². The minimum absolute atomic E-state index is 0.142. The molecule has 5 heteroatoms. The monoisotopic (exact) mass is 309 g/mol. The fourth-order valence-corrected chi connectivity index (χ4v) is 3.01. The van der Waals surface area contributed by atoms with Gasteiger partial charge in [-0.15, -0.1) is 0 Å². The van der Waals surface area contributed by atoms with Crippen molar-refractivity contribution in [2.45, 2.75) is 0 Å². The normalized spacial score (nSPS) is 11.4. The molecule has 0 atom stereocenters. The highest BCUT2D eigenvalue weighted by Crippen LogP contribution is 2.26. The van der Waals surface area contributed by atoms with Crippen LogP contribution in [-0.2, 0) is 7.05 Å². The quantitative estimate of drug-likeness (QED) is 0.539. The van der Waals surface area contributed by atoms with Crippen LogP contribution in [-0.4, -0.2) is 14.1 Å². The van der Waals surface area contributed by atoms with E-state index in [0.717, 1.165) is 22.1 Å². The van der Waals surface area contributed by atoms with E-state index in [-0.39, 0.29) is 5.56 Å². The molecule has 4 nitrogen and oxygen atoms in total. The van der Waals surface area contributed by atoms with Gasteiger partial charge in [-0.3, -0.25) is 9.36 Å². The van der Waals surface area contributed by atoms with E-state index in [1.54, 1.807) is 10.9 Å². The second-order valence-corrected chi connectivity index (χ2v) is 5.63. The first-order chi connectivity index (χ1) is 10.7. The van der Waals surface area contributed by atoms with Gasteiger partial charge in [0.2, 0.25) is 0 Å². The Kier molecular flexibility index (Phi) is 2.81. The number of aromatic nitrogens is 3. The summed E-state index contributed by atoms with van der Waals surface area (Å²) in [5.74, 6) is 0. The number of aryl methyl sites for hydroxylation is 1. The molecule has 0 spiro atoms. The highest BCUT2D eigenvalue weighted by Gasteiger charge is 2.15. The van der Waals surface area contributed by atoms with E-state index >= 15 is 0 Å². The van der Waals surface area contributed by atoms with E-state index in [4.69, 9.17) is 11.6 Å². The van der Waals surface area contributed by atoms with Crippen LogP contribution in [0.5, 0.6) is 0 Å². The lowest BCUT2D eigenvalue weighted by Gasteiger charge is -2.12. The summed E-state index contributed by atoms with van der Waals surface area (Å²) >= 11 is 6.16. The average Bonchev–Trinajstić information content (AvgIpc) is 2.91. The van der Waals surface area contributed by atoms with Crippen molar-refractivity contribution in [1.82, 2.24) is 14.1 Å². The highest BCUT2D eigenvalue weighted by molar-refractivity contribution is 6.31. The number of para-hydroxylation sites is 1. The van der Waals surface area contributed by atoms with E-state index in [0.29, 0.717) is 10.5 Å². The van der Waals surface area contributed by atoms with Gasteiger partial charge < -0.3 is 4.57 Å². The van der Waals surface area contributed by atoms with Crippen LogP contribution in [0.1, 0.15) is 0 Å². The fourth-order valence-electron chi connectivity index (χ4n) is 2.84. The molecule has 0 saturated heterocycles. The molecule has 0 aliphatic rings. The van der Waals surface area contributed by atoms with Crippen LogP contribution in [0.3, 0.4) is 0 Å². The van der Waals surface area contributed by atoms with Crippen LogP contribution in [0.25, 0.3) is 27.6 Å². The van der Waals surface area contributed by atoms with Gasteiger partial charge in [0.25, 0.3) is 5.56 Å². The van der Waals surface area contributed by atoms with Crippen LogP contribution < -0.4 is 5.56 Å². The predicted molar refractivity (Wildman–Crippen MR) is 88.8 cm³/mol. The summed E-state index contributed by atoms with van der Waals surface area (Å²) < 4.78 is 3.53. The standard InChI is InChI=1S/C17H12ClN3O/c1-20-10-19-15-16(20)13-8-7-11(18)9-14(13)21(17(15)22)12-5-3-2-4-6-12/h2-10H,1H3. The Labute approximate surface area is 131 Å². The zero-order valence-corrected chi connectivity index (χ0v) is 12.6. The molecular weight excluding hydrogens is 298 g/mol. The van der Waals surface area contributed by atoms with E-state index in [9.17, 15) is 4.79 Å². The van der Waals surface area contributed by atoms with Crippen molar-refractivity contribution in [3.8, 4) is 5.69 Å². The number of hydrogen-bond donors (Lipinski definition) is 0. The Morgan fingerprint density at radius 3 is 2.64 bits per heavy atom. The van der Waals surface area contributed by atoms with Gasteiger partial charge in [0.1, 0.15) is 0 Å². The molecule has 0 fully saturated rings. The van der Waals surface area contributed by atoms with E-state index in [1.807, 2.05) is 60.1 Å². The Morgan fingerprint density at radius 1 is 1.09 bits per heavy atom. The Balaban J connectivity index is 2.30. The predicted octanol–water partition coefficient (Wildman–Crippen LogP) is 3.53. The highest BCUT2D eigenvalue weighted by atomic mass is 35.5. The molecule has 0 bridgehead atoms. The van der Waals surface area contributed by atoms with Gasteiger partial charge in [0.15, 0.2) is 5.52 Å². The summed E-state index contributed by atoms with van der Waals surface area (Å²) in [6.45, 7) is 0. The maximum Gasteiger partial charge on any atom is 0.283 e. The van der Waals surface area contributed by atoms with Crippen LogP contribution in [0.2, 0.25) is 5.02 Å². The van der Waals surface area contributed by atoms with Gasteiger partial charge in [-0.1, -0.05) is 29.8 Å². The first-order valence-electron chi connectivity index (χ1n) is 6.87. The van der Waals surface area contributed by atoms with Crippen molar-refractivity contribution in [2.24, 2.45) is 7.05 Å². The van der Waals surface area contributed by atoms with Crippen molar-refractivity contribution < 1.29 is 0 Å². The molecule has 22 heavy (non-hydrogen) atoms. The molecule has 108 valence electrons. The van der Waals surface area contributed by atoms with Crippen molar-refractivity contribution in [3.63, 3.8) is 0 Å². The van der Waals surface area contributed by atoms with Gasteiger partial charge in [-0.2, -0.15) is 0 Å². The maximum atomic E-state index is 12.9. The third-order valence-corrected chi connectivity index (χ3v) is 4.05. The topological polar surface area (TPSA) is 39.8 Å². The molecule has 0 saturated carbocycles. The van der Waals surface area contributed by atoms with Crippen LogP contribution in [0.4, 0.5) is 0 Å². The molecule has 4 aromatic rings. The summed E-state index contributed by atoms with van der Waals surface area (Å²) in [7, 11) is 1.88. The van der Waals surface area contributed by atoms with Crippen molar-refractivity contribution in [2.75, 3.05) is 0 Å². The Hall–Kier alpha value is -2.59. The largest absolute Gasteiger partial charge is 0.333 e. The second-order valence-electron chi connectivity index (χ2n) is 5.19. The summed E-state index contributed by atoms with van der Waals surface area (Å²) in [6.07, 6.45) is 1.66. The van der Waals surface area contributed by atoms with E-state index in [2.05, 4.69) is 4.98 Å². The zero-order chi connectivity index (χ0) is 15.3. The van der Waals surface area contributed by atoms with E-state index in [1.165, 1.54) is 0 Å². The number of imidazole rings is 1. The number of rotatable bonds is 1. The zero-order valence-electron chi connectivity index (χ0n) is 11.8.